The van der Waals surface area contributed by atoms with E-state index in [1.54, 1.807) is 62.4 Å². The minimum Gasteiger partial charge on any atom is -0.496 e. The lowest BCUT2D eigenvalue weighted by Crippen LogP contribution is -2.07. The molecule has 0 N–H and O–H groups in total. The van der Waals surface area contributed by atoms with Crippen molar-refractivity contribution in [3.05, 3.63) is 59.7 Å². The first-order chi connectivity index (χ1) is 26.7. The lowest BCUT2D eigenvalue weighted by atomic mass is 10.0. The molecule has 0 aliphatic carbocycles. The van der Waals surface area contributed by atoms with Gasteiger partial charge in [-0.25, -0.2) is 0 Å². The molecule has 6 nitrogen and oxygen atoms in total. The van der Waals surface area contributed by atoms with Gasteiger partial charge in [0.05, 0.1) is 61.5 Å². The molecule has 0 bridgehead atoms. The predicted octanol–water partition coefficient (Wildman–Crippen LogP) is 14.4. The van der Waals surface area contributed by atoms with Gasteiger partial charge < -0.3 is 28.4 Å². The molecule has 3 heterocycles. The molecule has 0 atom stereocenters. The van der Waals surface area contributed by atoms with Gasteiger partial charge in [-0.2, -0.15) is 0 Å². The first kappa shape index (κ1) is 42.5. The van der Waals surface area contributed by atoms with E-state index in [4.69, 9.17) is 28.4 Å². The third kappa shape index (κ3) is 10.0. The molecule has 0 radical (unpaired) electrons. The molecule has 0 spiro atoms. The van der Waals surface area contributed by atoms with E-state index in [1.165, 1.54) is 59.4 Å². The van der Waals surface area contributed by atoms with Crippen LogP contribution in [0.15, 0.2) is 48.5 Å². The molecule has 0 saturated carbocycles. The fourth-order valence-corrected chi connectivity index (χ4v) is 10.9. The van der Waals surface area contributed by atoms with Crippen molar-refractivity contribution in [2.45, 2.75) is 118 Å². The molecule has 5 aromatic rings. The third-order valence-electron chi connectivity index (χ3n) is 9.49. The van der Waals surface area contributed by atoms with Crippen molar-refractivity contribution >= 4 is 34.0 Å². The molecule has 298 valence electrons. The second-order valence-corrected chi connectivity index (χ2v) is 17.5. The van der Waals surface area contributed by atoms with Gasteiger partial charge in [-0.1, -0.05) is 64.5 Å². The van der Waals surface area contributed by atoms with Crippen LogP contribution in [0.2, 0.25) is 0 Å². The van der Waals surface area contributed by atoms with Crippen LogP contribution in [0.3, 0.4) is 0 Å². The van der Waals surface area contributed by atoms with Crippen molar-refractivity contribution in [1.29, 1.82) is 0 Å². The Labute approximate surface area is 341 Å². The number of rotatable bonds is 22. The van der Waals surface area contributed by atoms with Crippen molar-refractivity contribution in [2.24, 2.45) is 0 Å². The van der Waals surface area contributed by atoms with Crippen molar-refractivity contribution in [3.63, 3.8) is 0 Å². The number of benzene rings is 2. The Kier molecular flexibility index (Phi) is 15.8. The Morgan fingerprint density at radius 1 is 0.473 bits per heavy atom. The largest absolute Gasteiger partial charge is 0.496 e. The van der Waals surface area contributed by atoms with Crippen LogP contribution in [0.1, 0.15) is 104 Å². The van der Waals surface area contributed by atoms with Gasteiger partial charge in [0.15, 0.2) is 11.5 Å². The molecule has 0 unspecified atom stereocenters. The van der Waals surface area contributed by atoms with E-state index in [-0.39, 0.29) is 12.2 Å². The molecule has 9 heteroatoms. The second kappa shape index (κ2) is 20.5. The predicted molar refractivity (Wildman–Crippen MR) is 235 cm³/mol. The van der Waals surface area contributed by atoms with Gasteiger partial charge >= 0.3 is 0 Å². The summed E-state index contributed by atoms with van der Waals surface area (Å²) in [6.07, 6.45) is 11.5. The third-order valence-corrected chi connectivity index (χ3v) is 13.4. The van der Waals surface area contributed by atoms with Crippen LogP contribution >= 0.6 is 34.0 Å². The Bertz CT molecular complexity index is 1830. The van der Waals surface area contributed by atoms with Crippen LogP contribution < -0.4 is 28.4 Å². The second-order valence-electron chi connectivity index (χ2n) is 14.4. The van der Waals surface area contributed by atoms with E-state index in [9.17, 15) is 0 Å². The number of ether oxygens (including phenoxy) is 6. The first-order valence-electron chi connectivity index (χ1n) is 19.9. The van der Waals surface area contributed by atoms with E-state index in [0.29, 0.717) is 0 Å². The lowest BCUT2D eigenvalue weighted by Gasteiger charge is -2.17. The zero-order valence-corrected chi connectivity index (χ0v) is 37.0. The Balaban J connectivity index is 1.69. The fourth-order valence-electron chi connectivity index (χ4n) is 6.97. The summed E-state index contributed by atoms with van der Waals surface area (Å²) in [5.74, 6) is 4.81. The van der Waals surface area contributed by atoms with Crippen LogP contribution in [0, 0.1) is 0 Å². The normalized spacial score (nSPS) is 11.4. The average molecular weight is 805 g/mol. The molecule has 5 rings (SSSR count). The monoisotopic (exact) mass is 804 g/mol. The summed E-state index contributed by atoms with van der Waals surface area (Å²) in [6, 6.07) is 16.9. The number of methoxy groups -OCH3 is 4. The van der Waals surface area contributed by atoms with E-state index in [0.717, 1.165) is 90.8 Å². The molecule has 0 aliphatic heterocycles. The number of hydrogen-bond acceptors (Lipinski definition) is 9. The standard InChI is InChI=1S/C46H60O6S3/c1-11-13-15-17-21-31-27-37(53-43(31)39-33(47-7)23-19-25-35(39)51-29(3)4)45-41(49-9)42(50-10)46(55-45)38-28-32(22-18-16-14-12-2)44(54-38)40-34(48-8)24-20-26-36(40)52-30(5)6/h19-20,23-30H,11-18,21-22H2,1-10H3. The maximum absolute atomic E-state index is 6.40. The van der Waals surface area contributed by atoms with Crippen molar-refractivity contribution < 1.29 is 28.4 Å². The van der Waals surface area contributed by atoms with Crippen molar-refractivity contribution in [2.75, 3.05) is 28.4 Å². The smallest absolute Gasteiger partial charge is 0.180 e. The fraction of sp³-hybridized carbons (Fsp3) is 0.478. The molecule has 55 heavy (non-hydrogen) atoms. The molecule has 0 fully saturated rings. The summed E-state index contributed by atoms with van der Waals surface area (Å²) in [5.41, 5.74) is 4.61. The number of thiophene rings is 3. The maximum Gasteiger partial charge on any atom is 0.180 e. The highest BCUT2D eigenvalue weighted by molar-refractivity contribution is 7.28. The van der Waals surface area contributed by atoms with E-state index >= 15 is 0 Å². The molecule has 2 aromatic carbocycles. The number of unbranched alkanes of at least 4 members (excludes halogenated alkanes) is 6. The molecular weight excluding hydrogens is 745 g/mol. The Morgan fingerprint density at radius 3 is 1.22 bits per heavy atom. The van der Waals surface area contributed by atoms with Gasteiger partial charge in [0.25, 0.3) is 0 Å². The van der Waals surface area contributed by atoms with Gasteiger partial charge in [-0.3, -0.25) is 0 Å². The van der Waals surface area contributed by atoms with Gasteiger partial charge in [0.2, 0.25) is 0 Å². The Morgan fingerprint density at radius 2 is 0.873 bits per heavy atom. The molecule has 0 amide bonds. The Hall–Kier alpha value is -3.66. The minimum absolute atomic E-state index is 0.0265. The van der Waals surface area contributed by atoms with Crippen LogP contribution in [0.25, 0.3) is 40.4 Å². The molecule has 0 saturated heterocycles. The highest BCUT2D eigenvalue weighted by Crippen LogP contribution is 2.58. The average Bonchev–Trinajstić information content (AvgIpc) is 3.89. The van der Waals surface area contributed by atoms with E-state index < -0.39 is 0 Å². The zero-order chi connectivity index (χ0) is 39.5. The highest BCUT2D eigenvalue weighted by Gasteiger charge is 2.29. The summed E-state index contributed by atoms with van der Waals surface area (Å²) in [5, 5.41) is 0. The van der Waals surface area contributed by atoms with Gasteiger partial charge in [0, 0.05) is 19.5 Å². The number of aryl methyl sites for hydroxylation is 2. The van der Waals surface area contributed by atoms with Crippen molar-refractivity contribution in [1.82, 2.24) is 0 Å². The van der Waals surface area contributed by atoms with Crippen LogP contribution in [0.5, 0.6) is 34.5 Å². The number of hydrogen-bond donors (Lipinski definition) is 0. The van der Waals surface area contributed by atoms with Crippen molar-refractivity contribution in [3.8, 4) is 74.9 Å². The molecular formula is C46H60O6S3. The zero-order valence-electron chi connectivity index (χ0n) is 34.5. The highest BCUT2D eigenvalue weighted by atomic mass is 32.1. The molecule has 0 aliphatic rings. The van der Waals surface area contributed by atoms with Gasteiger partial charge in [-0.05, 0) is 101 Å². The van der Waals surface area contributed by atoms with Crippen LogP contribution in [-0.2, 0) is 12.8 Å². The lowest BCUT2D eigenvalue weighted by molar-refractivity contribution is 0.242. The van der Waals surface area contributed by atoms with Crippen LogP contribution in [0.4, 0.5) is 0 Å². The summed E-state index contributed by atoms with van der Waals surface area (Å²) in [7, 11) is 6.97. The van der Waals surface area contributed by atoms with Gasteiger partial charge in [-0.15, -0.1) is 34.0 Å². The topological polar surface area (TPSA) is 55.4 Å². The maximum atomic E-state index is 6.40. The minimum atomic E-state index is 0.0265. The summed E-state index contributed by atoms with van der Waals surface area (Å²) < 4.78 is 37.2. The molecule has 3 aromatic heterocycles. The quantitative estimate of drug-likeness (QED) is 0.0650. The van der Waals surface area contributed by atoms with E-state index in [1.807, 2.05) is 24.3 Å². The SMILES string of the molecule is CCCCCCc1cc(-c2sc(-c3cc(CCCCCC)c(-c4c(OC)cccc4OC(C)C)s3)c(OC)c2OC)sc1-c1c(OC)cccc1OC(C)C. The summed E-state index contributed by atoms with van der Waals surface area (Å²) >= 11 is 5.29. The first-order valence-corrected chi connectivity index (χ1v) is 22.3. The van der Waals surface area contributed by atoms with Crippen LogP contribution in [-0.4, -0.2) is 40.6 Å². The van der Waals surface area contributed by atoms with E-state index in [2.05, 4.69) is 65.8 Å². The summed E-state index contributed by atoms with van der Waals surface area (Å²) in [6.45, 7) is 12.8. The summed E-state index contributed by atoms with van der Waals surface area (Å²) in [4.78, 5) is 6.75. The van der Waals surface area contributed by atoms with Gasteiger partial charge in [0.1, 0.15) is 23.0 Å².